The third kappa shape index (κ3) is 2.61. The van der Waals surface area contributed by atoms with Crippen molar-refractivity contribution in [2.45, 2.75) is 39.2 Å². The molecule has 18 heavy (non-hydrogen) atoms. The molecule has 0 saturated carbocycles. The predicted molar refractivity (Wildman–Crippen MR) is 71.7 cm³/mol. The second kappa shape index (κ2) is 4.94. The number of anilines is 1. The van der Waals surface area contributed by atoms with E-state index in [1.807, 2.05) is 39.1 Å². The number of aliphatic hydroxyl groups is 1. The fourth-order valence-corrected chi connectivity index (χ4v) is 1.80. The molecule has 0 saturated heterocycles. The molecule has 98 valence electrons. The van der Waals surface area contributed by atoms with Gasteiger partial charge in [0.1, 0.15) is 0 Å². The number of hydrogen-bond acceptors (Lipinski definition) is 4. The van der Waals surface area contributed by atoms with Crippen LogP contribution in [0.2, 0.25) is 0 Å². The van der Waals surface area contributed by atoms with Crippen molar-refractivity contribution >= 4 is 11.6 Å². The van der Waals surface area contributed by atoms with Crippen LogP contribution in [0.1, 0.15) is 32.3 Å². The molecule has 2 aromatic rings. The summed E-state index contributed by atoms with van der Waals surface area (Å²) < 4.78 is 1.74. The predicted octanol–water partition coefficient (Wildman–Crippen LogP) is 2.00. The van der Waals surface area contributed by atoms with E-state index in [0.717, 1.165) is 11.2 Å². The van der Waals surface area contributed by atoms with Crippen LogP contribution in [0, 0.1) is 6.92 Å². The van der Waals surface area contributed by atoms with Gasteiger partial charge in [-0.05, 0) is 31.4 Å². The number of fused-ring (bicyclic) bond motifs is 1. The molecule has 0 amide bonds. The van der Waals surface area contributed by atoms with Gasteiger partial charge in [-0.25, -0.2) is 4.52 Å². The molecule has 0 spiro atoms. The Labute approximate surface area is 107 Å². The van der Waals surface area contributed by atoms with Crippen molar-refractivity contribution < 1.29 is 5.11 Å². The summed E-state index contributed by atoms with van der Waals surface area (Å²) in [7, 11) is 0. The maximum absolute atomic E-state index is 10.2. The molecule has 0 fully saturated rings. The van der Waals surface area contributed by atoms with Crippen molar-refractivity contribution in [3.8, 4) is 0 Å². The molecule has 5 nitrogen and oxygen atoms in total. The molecule has 0 bridgehead atoms. The third-order valence-electron chi connectivity index (χ3n) is 3.37. The van der Waals surface area contributed by atoms with Crippen LogP contribution in [0.25, 0.3) is 5.65 Å². The molecule has 2 rings (SSSR count). The number of rotatable bonds is 5. The van der Waals surface area contributed by atoms with Crippen molar-refractivity contribution in [1.29, 1.82) is 0 Å². The van der Waals surface area contributed by atoms with Gasteiger partial charge in [-0.3, -0.25) is 0 Å². The maximum Gasteiger partial charge on any atom is 0.243 e. The van der Waals surface area contributed by atoms with Gasteiger partial charge < -0.3 is 10.4 Å². The van der Waals surface area contributed by atoms with E-state index >= 15 is 0 Å². The third-order valence-corrected chi connectivity index (χ3v) is 3.37. The lowest BCUT2D eigenvalue weighted by atomic mass is 9.98. The molecule has 5 heteroatoms. The molecule has 2 aromatic heterocycles. The maximum atomic E-state index is 10.2. The summed E-state index contributed by atoms with van der Waals surface area (Å²) >= 11 is 0. The standard InChI is InChI=1S/C13H20N4O/c1-4-13(18,5-2)9-14-12-15-11-7-6-10(3)8-17(11)16-12/h6-8,18H,4-5,9H2,1-3H3,(H,14,16). The van der Waals surface area contributed by atoms with E-state index in [1.165, 1.54) is 0 Å². The van der Waals surface area contributed by atoms with Gasteiger partial charge in [0, 0.05) is 12.7 Å². The lowest BCUT2D eigenvalue weighted by Gasteiger charge is -2.24. The summed E-state index contributed by atoms with van der Waals surface area (Å²) in [6.07, 6.45) is 3.35. The van der Waals surface area contributed by atoms with Crippen molar-refractivity contribution in [2.75, 3.05) is 11.9 Å². The van der Waals surface area contributed by atoms with E-state index in [1.54, 1.807) is 4.52 Å². The van der Waals surface area contributed by atoms with E-state index in [2.05, 4.69) is 15.4 Å². The van der Waals surface area contributed by atoms with Crippen molar-refractivity contribution in [3.05, 3.63) is 23.9 Å². The van der Waals surface area contributed by atoms with Crippen LogP contribution in [0.3, 0.4) is 0 Å². The van der Waals surface area contributed by atoms with Gasteiger partial charge in [-0.15, -0.1) is 5.10 Å². The zero-order chi connectivity index (χ0) is 13.2. The first-order valence-electron chi connectivity index (χ1n) is 6.35. The highest BCUT2D eigenvalue weighted by molar-refractivity contribution is 5.44. The molecule has 0 aliphatic heterocycles. The van der Waals surface area contributed by atoms with Gasteiger partial charge in [0.15, 0.2) is 5.65 Å². The van der Waals surface area contributed by atoms with E-state index in [9.17, 15) is 5.11 Å². The Morgan fingerprint density at radius 3 is 2.72 bits per heavy atom. The van der Waals surface area contributed by atoms with Crippen LogP contribution in [-0.2, 0) is 0 Å². The molecule has 0 radical (unpaired) electrons. The van der Waals surface area contributed by atoms with Crippen LogP contribution in [-0.4, -0.2) is 31.9 Å². The minimum atomic E-state index is -0.687. The van der Waals surface area contributed by atoms with Crippen LogP contribution >= 0.6 is 0 Å². The van der Waals surface area contributed by atoms with E-state index in [0.29, 0.717) is 25.3 Å². The van der Waals surface area contributed by atoms with Crippen LogP contribution < -0.4 is 5.32 Å². The molecule has 0 unspecified atom stereocenters. The van der Waals surface area contributed by atoms with Crippen molar-refractivity contribution in [3.63, 3.8) is 0 Å². The molecule has 2 heterocycles. The van der Waals surface area contributed by atoms with Gasteiger partial charge in [-0.1, -0.05) is 19.9 Å². The Bertz CT molecular complexity index is 531. The Hall–Kier alpha value is -1.62. The zero-order valence-corrected chi connectivity index (χ0v) is 11.1. The Morgan fingerprint density at radius 2 is 2.06 bits per heavy atom. The first kappa shape index (κ1) is 12.8. The van der Waals surface area contributed by atoms with Crippen LogP contribution in [0.4, 0.5) is 5.95 Å². The molecule has 0 atom stereocenters. The lowest BCUT2D eigenvalue weighted by molar-refractivity contribution is 0.0455. The number of aromatic nitrogens is 3. The summed E-state index contributed by atoms with van der Waals surface area (Å²) in [4.78, 5) is 4.36. The minimum Gasteiger partial charge on any atom is -0.388 e. The van der Waals surface area contributed by atoms with Crippen LogP contribution in [0.5, 0.6) is 0 Å². The molecule has 0 aliphatic rings. The van der Waals surface area contributed by atoms with Gasteiger partial charge in [-0.2, -0.15) is 4.98 Å². The lowest BCUT2D eigenvalue weighted by Crippen LogP contribution is -2.35. The summed E-state index contributed by atoms with van der Waals surface area (Å²) in [5.74, 6) is 0.556. The average Bonchev–Trinajstić information content (AvgIpc) is 2.78. The number of hydrogen-bond donors (Lipinski definition) is 2. The zero-order valence-electron chi connectivity index (χ0n) is 11.1. The second-order valence-corrected chi connectivity index (χ2v) is 4.73. The average molecular weight is 248 g/mol. The number of pyridine rings is 1. The summed E-state index contributed by atoms with van der Waals surface area (Å²) in [6.45, 7) is 6.44. The first-order chi connectivity index (χ1) is 8.56. The smallest absolute Gasteiger partial charge is 0.243 e. The highest BCUT2D eigenvalue weighted by atomic mass is 16.3. The molecular formula is C13H20N4O. The molecule has 2 N–H and O–H groups in total. The monoisotopic (exact) mass is 248 g/mol. The Morgan fingerprint density at radius 1 is 1.33 bits per heavy atom. The molecular weight excluding hydrogens is 228 g/mol. The van der Waals surface area contributed by atoms with E-state index in [4.69, 9.17) is 0 Å². The van der Waals surface area contributed by atoms with Gasteiger partial charge in [0.25, 0.3) is 0 Å². The van der Waals surface area contributed by atoms with Crippen molar-refractivity contribution in [2.24, 2.45) is 0 Å². The molecule has 0 aromatic carbocycles. The second-order valence-electron chi connectivity index (χ2n) is 4.73. The largest absolute Gasteiger partial charge is 0.388 e. The fraction of sp³-hybridized carbons (Fsp3) is 0.538. The van der Waals surface area contributed by atoms with Crippen molar-refractivity contribution in [1.82, 2.24) is 14.6 Å². The summed E-state index contributed by atoms with van der Waals surface area (Å²) in [5, 5.41) is 17.6. The number of aryl methyl sites for hydroxylation is 1. The highest BCUT2D eigenvalue weighted by Gasteiger charge is 2.22. The van der Waals surface area contributed by atoms with Gasteiger partial charge in [0.2, 0.25) is 5.95 Å². The number of nitrogens with zero attached hydrogens (tertiary/aromatic N) is 3. The minimum absolute atomic E-state index is 0.468. The fourth-order valence-electron chi connectivity index (χ4n) is 1.80. The number of nitrogens with one attached hydrogen (secondary N) is 1. The van der Waals surface area contributed by atoms with E-state index < -0.39 is 5.60 Å². The first-order valence-corrected chi connectivity index (χ1v) is 6.35. The summed E-state index contributed by atoms with van der Waals surface area (Å²) in [6, 6.07) is 3.93. The Balaban J connectivity index is 2.13. The summed E-state index contributed by atoms with van der Waals surface area (Å²) in [5.41, 5.74) is 1.25. The molecule has 0 aliphatic carbocycles. The van der Waals surface area contributed by atoms with Gasteiger partial charge >= 0.3 is 0 Å². The normalized spacial score (nSPS) is 12.0. The quantitative estimate of drug-likeness (QED) is 0.849. The van der Waals surface area contributed by atoms with Gasteiger partial charge in [0.05, 0.1) is 5.60 Å². The topological polar surface area (TPSA) is 62.5 Å². The Kier molecular flexibility index (Phi) is 3.52. The SMILES string of the molecule is CCC(O)(CC)CNc1nc2ccc(C)cn2n1. The van der Waals surface area contributed by atoms with Crippen LogP contribution in [0.15, 0.2) is 18.3 Å². The van der Waals surface area contributed by atoms with E-state index in [-0.39, 0.29) is 0 Å². The highest BCUT2D eigenvalue weighted by Crippen LogP contribution is 2.15.